The number of nitrogens with one attached hydrogen (secondary N) is 1. The Morgan fingerprint density at radius 1 is 1.54 bits per heavy atom. The maximum absolute atomic E-state index is 5.45. The monoisotopic (exact) mass is 180 g/mol. The normalized spacial score (nSPS) is 22.2. The summed E-state index contributed by atoms with van der Waals surface area (Å²) in [4.78, 5) is 0. The third-order valence-electron chi connectivity index (χ3n) is 2.70. The number of aromatic amines is 1. The van der Waals surface area contributed by atoms with E-state index >= 15 is 0 Å². The average molecular weight is 180 g/mol. The minimum atomic E-state index is 0.294. The first kappa shape index (κ1) is 8.60. The van der Waals surface area contributed by atoms with Crippen LogP contribution in [0, 0.1) is 5.41 Å². The molecule has 0 saturated carbocycles. The largest absolute Gasteiger partial charge is 0.476 e. The van der Waals surface area contributed by atoms with Gasteiger partial charge in [0.25, 0.3) is 0 Å². The van der Waals surface area contributed by atoms with Gasteiger partial charge in [0.2, 0.25) is 5.88 Å². The highest BCUT2D eigenvalue weighted by Gasteiger charge is 2.32. The number of hydrogen-bond donors (Lipinski definition) is 1. The Bertz CT molecular complexity index is 298. The maximum atomic E-state index is 5.45. The van der Waals surface area contributed by atoms with Crippen molar-refractivity contribution >= 4 is 0 Å². The van der Waals surface area contributed by atoms with Crippen molar-refractivity contribution in [3.05, 3.63) is 11.8 Å². The Kier molecular flexibility index (Phi) is 1.82. The van der Waals surface area contributed by atoms with Gasteiger partial charge in [-0.05, 0) is 17.8 Å². The molecule has 0 spiro atoms. The molecule has 3 heteroatoms. The summed E-state index contributed by atoms with van der Waals surface area (Å²) >= 11 is 0. The molecule has 0 amide bonds. The zero-order valence-electron chi connectivity index (χ0n) is 8.42. The smallest absolute Gasteiger partial charge is 0.236 e. The quantitative estimate of drug-likeness (QED) is 0.665. The fourth-order valence-electron chi connectivity index (χ4n) is 1.98. The van der Waals surface area contributed by atoms with E-state index in [9.17, 15) is 0 Å². The van der Waals surface area contributed by atoms with E-state index in [0.29, 0.717) is 11.3 Å². The van der Waals surface area contributed by atoms with Crippen LogP contribution >= 0.6 is 0 Å². The van der Waals surface area contributed by atoms with Crippen molar-refractivity contribution in [1.82, 2.24) is 10.2 Å². The summed E-state index contributed by atoms with van der Waals surface area (Å²) in [7, 11) is 0. The average Bonchev–Trinajstić information content (AvgIpc) is 2.48. The number of ether oxygens (including phenoxy) is 1. The highest BCUT2D eigenvalue weighted by Crippen LogP contribution is 2.43. The van der Waals surface area contributed by atoms with Crippen LogP contribution in [0.4, 0.5) is 0 Å². The summed E-state index contributed by atoms with van der Waals surface area (Å²) in [6.07, 6.45) is 3.06. The summed E-state index contributed by atoms with van der Waals surface area (Å²) in [6.45, 7) is 7.58. The molecule has 1 aromatic rings. The first-order valence-electron chi connectivity index (χ1n) is 4.75. The van der Waals surface area contributed by atoms with Gasteiger partial charge in [0.1, 0.15) is 0 Å². The van der Waals surface area contributed by atoms with Crippen molar-refractivity contribution in [2.75, 3.05) is 6.61 Å². The third kappa shape index (κ3) is 1.43. The SMILES string of the molecule is CC(C)(C)C1CCOc2n[nH]cc21. The summed E-state index contributed by atoms with van der Waals surface area (Å²) in [5, 5.41) is 6.94. The molecule has 3 nitrogen and oxygen atoms in total. The topological polar surface area (TPSA) is 37.9 Å². The molecular formula is C10H16N2O. The summed E-state index contributed by atoms with van der Waals surface area (Å²) < 4.78 is 5.45. The van der Waals surface area contributed by atoms with E-state index in [2.05, 4.69) is 31.0 Å². The summed E-state index contributed by atoms with van der Waals surface area (Å²) in [5.41, 5.74) is 1.53. The van der Waals surface area contributed by atoms with Gasteiger partial charge in [0.15, 0.2) is 0 Å². The predicted octanol–water partition coefficient (Wildman–Crippen LogP) is 2.32. The van der Waals surface area contributed by atoms with Crippen LogP contribution in [0.2, 0.25) is 0 Å². The molecule has 2 heterocycles. The minimum Gasteiger partial charge on any atom is -0.476 e. The molecule has 0 aliphatic carbocycles. The molecule has 0 radical (unpaired) electrons. The van der Waals surface area contributed by atoms with Gasteiger partial charge in [-0.3, -0.25) is 5.10 Å². The molecule has 1 aliphatic rings. The molecule has 13 heavy (non-hydrogen) atoms. The highest BCUT2D eigenvalue weighted by molar-refractivity contribution is 5.30. The summed E-state index contributed by atoms with van der Waals surface area (Å²) in [5.74, 6) is 1.36. The lowest BCUT2D eigenvalue weighted by molar-refractivity contribution is 0.199. The van der Waals surface area contributed by atoms with Crippen molar-refractivity contribution in [2.24, 2.45) is 5.41 Å². The number of hydrogen-bond acceptors (Lipinski definition) is 2. The van der Waals surface area contributed by atoms with Gasteiger partial charge in [-0.2, -0.15) is 0 Å². The lowest BCUT2D eigenvalue weighted by Gasteiger charge is -2.33. The van der Waals surface area contributed by atoms with Gasteiger partial charge in [-0.15, -0.1) is 5.10 Å². The van der Waals surface area contributed by atoms with Crippen LogP contribution in [0.25, 0.3) is 0 Å². The van der Waals surface area contributed by atoms with E-state index in [1.54, 1.807) is 0 Å². The van der Waals surface area contributed by atoms with Crippen LogP contribution in [0.3, 0.4) is 0 Å². The Morgan fingerprint density at radius 2 is 2.31 bits per heavy atom. The van der Waals surface area contributed by atoms with Crippen molar-refractivity contribution in [3.8, 4) is 5.88 Å². The number of rotatable bonds is 0. The van der Waals surface area contributed by atoms with Crippen molar-refractivity contribution in [1.29, 1.82) is 0 Å². The van der Waals surface area contributed by atoms with E-state index < -0.39 is 0 Å². The molecule has 1 unspecified atom stereocenters. The molecule has 0 aromatic carbocycles. The number of nitrogens with zero attached hydrogens (tertiary/aromatic N) is 1. The Hall–Kier alpha value is -0.990. The van der Waals surface area contributed by atoms with Crippen molar-refractivity contribution < 1.29 is 4.74 Å². The standard InChI is InChI=1S/C10H16N2O/c1-10(2,3)8-4-5-13-9-7(8)6-11-12-9/h6,8H,4-5H2,1-3H3,(H,11,12). The zero-order valence-corrected chi connectivity index (χ0v) is 8.42. The lowest BCUT2D eigenvalue weighted by Crippen LogP contribution is -2.24. The first-order valence-corrected chi connectivity index (χ1v) is 4.75. The molecule has 0 bridgehead atoms. The third-order valence-corrected chi connectivity index (χ3v) is 2.70. The molecule has 1 aliphatic heterocycles. The van der Waals surface area contributed by atoms with Crippen LogP contribution in [-0.2, 0) is 0 Å². The van der Waals surface area contributed by atoms with Crippen LogP contribution in [0.1, 0.15) is 38.7 Å². The van der Waals surface area contributed by atoms with Crippen molar-refractivity contribution in [3.63, 3.8) is 0 Å². The van der Waals surface area contributed by atoms with Gasteiger partial charge in [0, 0.05) is 11.8 Å². The van der Waals surface area contributed by atoms with Crippen LogP contribution in [0.5, 0.6) is 5.88 Å². The molecule has 1 aromatic heterocycles. The molecule has 1 atom stereocenters. The fraction of sp³-hybridized carbons (Fsp3) is 0.700. The van der Waals surface area contributed by atoms with E-state index in [1.807, 2.05) is 6.20 Å². The van der Waals surface area contributed by atoms with E-state index in [0.717, 1.165) is 18.9 Å². The molecular weight excluding hydrogens is 164 g/mol. The summed E-state index contributed by atoms with van der Waals surface area (Å²) in [6, 6.07) is 0. The van der Waals surface area contributed by atoms with Crippen LogP contribution in [-0.4, -0.2) is 16.8 Å². The minimum absolute atomic E-state index is 0.294. The Labute approximate surface area is 78.5 Å². The van der Waals surface area contributed by atoms with Crippen LogP contribution in [0.15, 0.2) is 6.20 Å². The molecule has 2 rings (SSSR count). The molecule has 0 fully saturated rings. The van der Waals surface area contributed by atoms with Gasteiger partial charge < -0.3 is 4.74 Å². The zero-order chi connectivity index (χ0) is 9.47. The van der Waals surface area contributed by atoms with Crippen LogP contribution < -0.4 is 4.74 Å². The molecule has 0 saturated heterocycles. The van der Waals surface area contributed by atoms with E-state index in [4.69, 9.17) is 4.74 Å². The second-order valence-electron chi connectivity index (χ2n) is 4.70. The van der Waals surface area contributed by atoms with E-state index in [-0.39, 0.29) is 0 Å². The fourth-order valence-corrected chi connectivity index (χ4v) is 1.98. The van der Waals surface area contributed by atoms with Gasteiger partial charge in [-0.25, -0.2) is 0 Å². The number of fused-ring (bicyclic) bond motifs is 1. The van der Waals surface area contributed by atoms with E-state index in [1.165, 1.54) is 5.56 Å². The lowest BCUT2D eigenvalue weighted by atomic mass is 9.75. The number of H-pyrrole nitrogens is 1. The van der Waals surface area contributed by atoms with Gasteiger partial charge >= 0.3 is 0 Å². The Balaban J connectivity index is 2.35. The maximum Gasteiger partial charge on any atom is 0.236 e. The second-order valence-corrected chi connectivity index (χ2v) is 4.70. The first-order chi connectivity index (χ1) is 6.09. The molecule has 72 valence electrons. The Morgan fingerprint density at radius 3 is 3.00 bits per heavy atom. The highest BCUT2D eigenvalue weighted by atomic mass is 16.5. The van der Waals surface area contributed by atoms with Gasteiger partial charge in [0.05, 0.1) is 6.61 Å². The second kappa shape index (κ2) is 2.76. The number of aromatic nitrogens is 2. The molecule has 1 N–H and O–H groups in total. The predicted molar refractivity (Wildman–Crippen MR) is 50.9 cm³/mol. The van der Waals surface area contributed by atoms with Crippen molar-refractivity contribution in [2.45, 2.75) is 33.1 Å². The van der Waals surface area contributed by atoms with Gasteiger partial charge in [-0.1, -0.05) is 20.8 Å².